The van der Waals surface area contributed by atoms with E-state index < -0.39 is 18.1 Å². The molecular weight excluding hydrogens is 235 g/mol. The van der Waals surface area contributed by atoms with E-state index >= 15 is 0 Å². The molecule has 100 valence electrons. The van der Waals surface area contributed by atoms with E-state index in [1.807, 2.05) is 0 Å². The molecular formula is C10H18F3N3O. The van der Waals surface area contributed by atoms with Crippen molar-refractivity contribution in [1.29, 1.82) is 0 Å². The maximum atomic E-state index is 12.5. The van der Waals surface area contributed by atoms with E-state index in [2.05, 4.69) is 0 Å². The molecule has 2 unspecified atom stereocenters. The minimum absolute atomic E-state index is 0.0170. The molecule has 0 aromatic heterocycles. The number of carbonyl (C=O) groups excluding carboxylic acids is 1. The van der Waals surface area contributed by atoms with Crippen LogP contribution in [0.5, 0.6) is 0 Å². The number of nitrogens with two attached hydrogens (primary N) is 1. The van der Waals surface area contributed by atoms with Crippen LogP contribution in [0.1, 0.15) is 6.42 Å². The maximum absolute atomic E-state index is 12.5. The second-order valence-corrected chi connectivity index (χ2v) is 4.68. The van der Waals surface area contributed by atoms with Gasteiger partial charge in [0.25, 0.3) is 0 Å². The third-order valence-electron chi connectivity index (χ3n) is 2.88. The normalized spacial score (nSPS) is 26.4. The lowest BCUT2D eigenvalue weighted by Gasteiger charge is -2.37. The Balaban J connectivity index is 2.55. The van der Waals surface area contributed by atoms with Crippen LogP contribution in [0.25, 0.3) is 0 Å². The third-order valence-corrected chi connectivity index (χ3v) is 2.88. The van der Waals surface area contributed by atoms with E-state index in [-0.39, 0.29) is 32.0 Å². The van der Waals surface area contributed by atoms with Gasteiger partial charge in [0.2, 0.25) is 5.91 Å². The van der Waals surface area contributed by atoms with Crippen LogP contribution in [0.3, 0.4) is 0 Å². The number of hydrogen-bond acceptors (Lipinski definition) is 3. The van der Waals surface area contributed by atoms with Crippen molar-refractivity contribution in [2.24, 2.45) is 11.7 Å². The number of hydrogen-bond donors (Lipinski definition) is 1. The fourth-order valence-electron chi connectivity index (χ4n) is 1.99. The number of carbonyl (C=O) groups is 1. The molecule has 0 saturated carbocycles. The van der Waals surface area contributed by atoms with Crippen LogP contribution in [0, 0.1) is 5.92 Å². The lowest BCUT2D eigenvalue weighted by atomic mass is 9.91. The zero-order chi connectivity index (χ0) is 13.2. The van der Waals surface area contributed by atoms with E-state index in [9.17, 15) is 18.0 Å². The van der Waals surface area contributed by atoms with Gasteiger partial charge in [0, 0.05) is 19.1 Å². The van der Waals surface area contributed by atoms with Crippen LogP contribution in [-0.4, -0.2) is 61.7 Å². The molecule has 2 N–H and O–H groups in total. The SMILES string of the molecule is CN(C)CC(=O)N1CCC(C(F)(F)F)C(N)C1. The number of rotatable bonds is 2. The van der Waals surface area contributed by atoms with Gasteiger partial charge in [-0.15, -0.1) is 0 Å². The molecule has 4 nitrogen and oxygen atoms in total. The van der Waals surface area contributed by atoms with E-state index in [1.165, 1.54) is 4.90 Å². The van der Waals surface area contributed by atoms with Crippen LogP contribution < -0.4 is 5.73 Å². The first-order valence-corrected chi connectivity index (χ1v) is 5.46. The molecule has 1 aliphatic heterocycles. The minimum atomic E-state index is -4.27. The van der Waals surface area contributed by atoms with Gasteiger partial charge in [-0.3, -0.25) is 4.79 Å². The van der Waals surface area contributed by atoms with Gasteiger partial charge in [-0.05, 0) is 20.5 Å². The summed E-state index contributed by atoms with van der Waals surface area (Å²) in [7, 11) is 3.47. The summed E-state index contributed by atoms with van der Waals surface area (Å²) in [5.41, 5.74) is 5.50. The number of nitrogens with zero attached hydrogens (tertiary/aromatic N) is 2. The summed E-state index contributed by atoms with van der Waals surface area (Å²) in [6, 6.07) is -1.02. The van der Waals surface area contributed by atoms with E-state index in [4.69, 9.17) is 5.73 Å². The van der Waals surface area contributed by atoms with Gasteiger partial charge >= 0.3 is 6.18 Å². The predicted molar refractivity (Wildman–Crippen MR) is 57.3 cm³/mol. The molecule has 0 spiro atoms. The van der Waals surface area contributed by atoms with E-state index in [0.29, 0.717) is 0 Å². The molecule has 0 aromatic rings. The Morgan fingerprint density at radius 2 is 2.06 bits per heavy atom. The van der Waals surface area contributed by atoms with Crippen molar-refractivity contribution in [3.63, 3.8) is 0 Å². The Kier molecular flexibility index (Phi) is 4.37. The maximum Gasteiger partial charge on any atom is 0.393 e. The fourth-order valence-corrected chi connectivity index (χ4v) is 1.99. The average molecular weight is 253 g/mol. The number of alkyl halides is 3. The lowest BCUT2D eigenvalue weighted by molar-refractivity contribution is -0.191. The summed E-state index contributed by atoms with van der Waals surface area (Å²) < 4.78 is 37.6. The molecule has 0 bridgehead atoms. The van der Waals surface area contributed by atoms with Crippen molar-refractivity contribution >= 4 is 5.91 Å². The second kappa shape index (κ2) is 5.22. The topological polar surface area (TPSA) is 49.6 Å². The van der Waals surface area contributed by atoms with Gasteiger partial charge in [0.15, 0.2) is 0 Å². The minimum Gasteiger partial charge on any atom is -0.340 e. The van der Waals surface area contributed by atoms with Crippen molar-refractivity contribution in [2.75, 3.05) is 33.7 Å². The first-order chi connectivity index (χ1) is 7.71. The zero-order valence-electron chi connectivity index (χ0n) is 10.00. The Bertz CT molecular complexity index is 280. The fraction of sp³-hybridized carbons (Fsp3) is 0.900. The molecule has 0 aromatic carbocycles. The Morgan fingerprint density at radius 3 is 2.47 bits per heavy atom. The van der Waals surface area contributed by atoms with Gasteiger partial charge in [0.1, 0.15) is 0 Å². The molecule has 0 radical (unpaired) electrons. The molecule has 1 aliphatic rings. The zero-order valence-corrected chi connectivity index (χ0v) is 10.00. The molecule has 1 saturated heterocycles. The highest BCUT2D eigenvalue weighted by molar-refractivity contribution is 5.78. The molecule has 2 atom stereocenters. The highest BCUT2D eigenvalue weighted by Gasteiger charge is 2.46. The molecule has 1 rings (SSSR count). The number of likely N-dealkylation sites (tertiary alicyclic amines) is 1. The lowest BCUT2D eigenvalue weighted by Crippen LogP contribution is -2.55. The number of likely N-dealkylation sites (N-methyl/N-ethyl adjacent to an activating group) is 1. The molecule has 1 amide bonds. The Morgan fingerprint density at radius 1 is 1.47 bits per heavy atom. The average Bonchev–Trinajstić information content (AvgIpc) is 2.14. The highest BCUT2D eigenvalue weighted by atomic mass is 19.4. The van der Waals surface area contributed by atoms with Crippen molar-refractivity contribution in [3.8, 4) is 0 Å². The number of piperidine rings is 1. The Labute approximate surface area is 98.5 Å². The molecule has 1 fully saturated rings. The van der Waals surface area contributed by atoms with Gasteiger partial charge < -0.3 is 15.5 Å². The highest BCUT2D eigenvalue weighted by Crippen LogP contribution is 2.33. The van der Waals surface area contributed by atoms with Crippen molar-refractivity contribution in [3.05, 3.63) is 0 Å². The first kappa shape index (κ1) is 14.2. The summed E-state index contributed by atoms with van der Waals surface area (Å²) in [5.74, 6) is -1.67. The summed E-state index contributed by atoms with van der Waals surface area (Å²) >= 11 is 0. The van der Waals surface area contributed by atoms with Crippen LogP contribution in [0.2, 0.25) is 0 Å². The van der Waals surface area contributed by atoms with Crippen molar-refractivity contribution < 1.29 is 18.0 Å². The Hall–Kier alpha value is -0.820. The molecule has 17 heavy (non-hydrogen) atoms. The third kappa shape index (κ3) is 3.85. The largest absolute Gasteiger partial charge is 0.393 e. The van der Waals surface area contributed by atoms with E-state index in [0.717, 1.165) is 0 Å². The molecule has 0 aliphatic carbocycles. The van der Waals surface area contributed by atoms with Gasteiger partial charge in [-0.25, -0.2) is 0 Å². The monoisotopic (exact) mass is 253 g/mol. The van der Waals surface area contributed by atoms with Crippen LogP contribution in [0.15, 0.2) is 0 Å². The summed E-state index contributed by atoms with van der Waals surface area (Å²) in [4.78, 5) is 14.8. The summed E-state index contributed by atoms with van der Waals surface area (Å²) in [6.45, 7) is 0.310. The van der Waals surface area contributed by atoms with Crippen LogP contribution in [0.4, 0.5) is 13.2 Å². The van der Waals surface area contributed by atoms with Gasteiger partial charge in [-0.2, -0.15) is 13.2 Å². The smallest absolute Gasteiger partial charge is 0.340 e. The summed E-state index contributed by atoms with van der Waals surface area (Å²) in [6.07, 6.45) is -4.38. The first-order valence-electron chi connectivity index (χ1n) is 5.46. The summed E-state index contributed by atoms with van der Waals surface area (Å²) in [5, 5.41) is 0. The standard InChI is InChI=1S/C10H18F3N3O/c1-15(2)6-9(17)16-4-3-7(8(14)5-16)10(11,12)13/h7-8H,3-6,14H2,1-2H3. The second-order valence-electron chi connectivity index (χ2n) is 4.68. The molecule has 1 heterocycles. The van der Waals surface area contributed by atoms with Gasteiger partial charge in [-0.1, -0.05) is 0 Å². The number of amides is 1. The van der Waals surface area contributed by atoms with Crippen molar-refractivity contribution in [2.45, 2.75) is 18.6 Å². The quantitative estimate of drug-likeness (QED) is 0.769. The molecule has 7 heteroatoms. The van der Waals surface area contributed by atoms with E-state index in [1.54, 1.807) is 19.0 Å². The van der Waals surface area contributed by atoms with Gasteiger partial charge in [0.05, 0.1) is 12.5 Å². The predicted octanol–water partition coefficient (Wildman–Crippen LogP) is 0.286. The van der Waals surface area contributed by atoms with Crippen LogP contribution >= 0.6 is 0 Å². The number of halogens is 3. The van der Waals surface area contributed by atoms with Crippen LogP contribution in [-0.2, 0) is 4.79 Å². The van der Waals surface area contributed by atoms with Crippen molar-refractivity contribution in [1.82, 2.24) is 9.80 Å².